The van der Waals surface area contributed by atoms with Crippen LogP contribution in [0.3, 0.4) is 0 Å². The van der Waals surface area contributed by atoms with E-state index in [1.54, 1.807) is 0 Å². The molecule has 1 amide bonds. The van der Waals surface area contributed by atoms with Gasteiger partial charge >= 0.3 is 0 Å². The highest BCUT2D eigenvalue weighted by molar-refractivity contribution is 9.09. The molecule has 2 rings (SSSR count). The minimum atomic E-state index is -0.137. The minimum absolute atomic E-state index is 0.137. The second-order valence-corrected chi connectivity index (χ2v) is 5.30. The maximum atomic E-state index is 11.9. The first kappa shape index (κ1) is 10.4. The number of alkyl halides is 1. The van der Waals surface area contributed by atoms with Crippen molar-refractivity contribution in [3.63, 3.8) is 0 Å². The molecule has 1 atom stereocenters. The zero-order chi connectivity index (χ0) is 9.97. The molecule has 80 valence electrons. The van der Waals surface area contributed by atoms with E-state index >= 15 is 0 Å². The Morgan fingerprint density at radius 3 is 2.57 bits per heavy atom. The average molecular weight is 262 g/mol. The number of rotatable bonds is 1. The van der Waals surface area contributed by atoms with E-state index in [-0.39, 0.29) is 12.0 Å². The van der Waals surface area contributed by atoms with Crippen LogP contribution in [0.5, 0.6) is 0 Å². The molecular weight excluding hydrogens is 246 g/mol. The van der Waals surface area contributed by atoms with Crippen molar-refractivity contribution in [3.8, 4) is 0 Å². The molecule has 0 N–H and O–H groups in total. The molecule has 0 aromatic rings. The lowest BCUT2D eigenvalue weighted by Crippen LogP contribution is -2.43. The van der Waals surface area contributed by atoms with Crippen LogP contribution in [0.15, 0.2) is 0 Å². The van der Waals surface area contributed by atoms with Crippen LogP contribution >= 0.6 is 15.9 Å². The van der Waals surface area contributed by atoms with E-state index in [0.717, 1.165) is 45.4 Å². The van der Waals surface area contributed by atoms with Gasteiger partial charge in [-0.05, 0) is 25.7 Å². The number of hydrogen-bond donors (Lipinski definition) is 0. The van der Waals surface area contributed by atoms with Gasteiger partial charge in [-0.1, -0.05) is 15.9 Å². The van der Waals surface area contributed by atoms with Crippen molar-refractivity contribution in [2.45, 2.75) is 36.6 Å². The van der Waals surface area contributed by atoms with Crippen LogP contribution in [0.1, 0.15) is 25.7 Å². The Labute approximate surface area is 92.9 Å². The number of likely N-dealkylation sites (tertiary alicyclic amines) is 1. The van der Waals surface area contributed by atoms with Crippen molar-refractivity contribution >= 4 is 21.8 Å². The second kappa shape index (κ2) is 4.62. The molecule has 1 unspecified atom stereocenters. The first-order valence-corrected chi connectivity index (χ1v) is 6.23. The average Bonchev–Trinajstić information content (AvgIpc) is 2.71. The fraction of sp³-hybridized carbons (Fsp3) is 0.900. The maximum absolute atomic E-state index is 11.9. The van der Waals surface area contributed by atoms with Crippen molar-refractivity contribution in [1.29, 1.82) is 0 Å². The first-order chi connectivity index (χ1) is 6.77. The molecule has 0 spiro atoms. The topological polar surface area (TPSA) is 29.5 Å². The molecule has 2 fully saturated rings. The van der Waals surface area contributed by atoms with E-state index < -0.39 is 0 Å². The summed E-state index contributed by atoms with van der Waals surface area (Å²) in [7, 11) is 0. The van der Waals surface area contributed by atoms with Crippen LogP contribution in [0.2, 0.25) is 0 Å². The van der Waals surface area contributed by atoms with E-state index in [4.69, 9.17) is 4.74 Å². The van der Waals surface area contributed by atoms with E-state index in [1.807, 2.05) is 4.90 Å². The maximum Gasteiger partial charge on any atom is 0.251 e. The van der Waals surface area contributed by atoms with Crippen molar-refractivity contribution < 1.29 is 9.53 Å². The Morgan fingerprint density at radius 1 is 1.29 bits per heavy atom. The quantitative estimate of drug-likeness (QED) is 0.671. The van der Waals surface area contributed by atoms with E-state index in [9.17, 15) is 4.79 Å². The number of carbonyl (C=O) groups is 1. The Morgan fingerprint density at radius 2 is 2.00 bits per heavy atom. The normalized spacial score (nSPS) is 29.5. The number of amides is 1. The van der Waals surface area contributed by atoms with Gasteiger partial charge in [-0.25, -0.2) is 0 Å². The fourth-order valence-electron chi connectivity index (χ4n) is 2.04. The summed E-state index contributed by atoms with van der Waals surface area (Å²) >= 11 is 3.58. The van der Waals surface area contributed by atoms with Gasteiger partial charge in [0.05, 0.1) is 0 Å². The summed E-state index contributed by atoms with van der Waals surface area (Å²) in [6.07, 6.45) is 3.94. The molecule has 0 aromatic carbocycles. The molecule has 2 aliphatic heterocycles. The Kier molecular flexibility index (Phi) is 3.44. The number of nitrogens with zero attached hydrogens (tertiary/aromatic N) is 1. The van der Waals surface area contributed by atoms with Gasteiger partial charge in [-0.3, -0.25) is 4.79 Å². The summed E-state index contributed by atoms with van der Waals surface area (Å²) < 4.78 is 5.39. The largest absolute Gasteiger partial charge is 0.368 e. The summed E-state index contributed by atoms with van der Waals surface area (Å²) in [4.78, 5) is 14.4. The second-order valence-electron chi connectivity index (χ2n) is 4.00. The molecule has 3 nitrogen and oxygen atoms in total. The summed E-state index contributed by atoms with van der Waals surface area (Å²) in [6.45, 7) is 2.52. The lowest BCUT2D eigenvalue weighted by atomic mass is 10.1. The van der Waals surface area contributed by atoms with Crippen LogP contribution in [0.4, 0.5) is 0 Å². The molecule has 0 aromatic heterocycles. The van der Waals surface area contributed by atoms with Crippen LogP contribution < -0.4 is 0 Å². The predicted molar refractivity (Wildman–Crippen MR) is 57.5 cm³/mol. The monoisotopic (exact) mass is 261 g/mol. The standard InChI is InChI=1S/C10H16BrNO2/c11-8-3-5-12(6-4-8)10(13)9-2-1-7-14-9/h8-9H,1-7H2. The summed E-state index contributed by atoms with van der Waals surface area (Å²) in [6, 6.07) is 0. The zero-order valence-corrected chi connectivity index (χ0v) is 9.83. The molecule has 0 bridgehead atoms. The van der Waals surface area contributed by atoms with Crippen molar-refractivity contribution in [3.05, 3.63) is 0 Å². The summed E-state index contributed by atoms with van der Waals surface area (Å²) in [5.74, 6) is 0.210. The molecule has 2 aliphatic rings. The molecule has 2 heterocycles. The first-order valence-electron chi connectivity index (χ1n) is 5.32. The number of hydrogen-bond acceptors (Lipinski definition) is 2. The molecular formula is C10H16BrNO2. The van der Waals surface area contributed by atoms with Crippen molar-refractivity contribution in [2.24, 2.45) is 0 Å². The van der Waals surface area contributed by atoms with Gasteiger partial charge in [0.1, 0.15) is 6.10 Å². The number of halogens is 1. The Bertz CT molecular complexity index is 208. The lowest BCUT2D eigenvalue weighted by molar-refractivity contribution is -0.141. The van der Waals surface area contributed by atoms with Gasteiger partial charge in [0, 0.05) is 24.5 Å². The molecule has 0 aliphatic carbocycles. The van der Waals surface area contributed by atoms with Gasteiger partial charge in [0.15, 0.2) is 0 Å². The van der Waals surface area contributed by atoms with Gasteiger partial charge in [0.2, 0.25) is 0 Å². The van der Waals surface area contributed by atoms with Gasteiger partial charge in [0.25, 0.3) is 5.91 Å². The van der Waals surface area contributed by atoms with Crippen molar-refractivity contribution in [2.75, 3.05) is 19.7 Å². The third-order valence-electron chi connectivity index (χ3n) is 2.94. The molecule has 4 heteroatoms. The van der Waals surface area contributed by atoms with Crippen LogP contribution in [-0.2, 0) is 9.53 Å². The molecule has 14 heavy (non-hydrogen) atoms. The molecule has 0 saturated carbocycles. The summed E-state index contributed by atoms with van der Waals surface area (Å²) in [5, 5.41) is 0. The predicted octanol–water partition coefficient (Wildman–Crippen LogP) is 1.55. The lowest BCUT2D eigenvalue weighted by Gasteiger charge is -2.31. The highest BCUT2D eigenvalue weighted by atomic mass is 79.9. The summed E-state index contributed by atoms with van der Waals surface area (Å²) in [5.41, 5.74) is 0. The highest BCUT2D eigenvalue weighted by Crippen LogP contribution is 2.21. The SMILES string of the molecule is O=C(C1CCCO1)N1CCC(Br)CC1. The van der Waals surface area contributed by atoms with Gasteiger partial charge in [-0.15, -0.1) is 0 Å². The third kappa shape index (κ3) is 2.28. The van der Waals surface area contributed by atoms with E-state index in [0.29, 0.717) is 4.83 Å². The number of carbonyl (C=O) groups excluding carboxylic acids is 1. The number of ether oxygens (including phenoxy) is 1. The smallest absolute Gasteiger partial charge is 0.251 e. The number of piperidine rings is 1. The van der Waals surface area contributed by atoms with Crippen LogP contribution in [-0.4, -0.2) is 41.4 Å². The van der Waals surface area contributed by atoms with Crippen LogP contribution in [0, 0.1) is 0 Å². The van der Waals surface area contributed by atoms with E-state index in [1.165, 1.54) is 0 Å². The minimum Gasteiger partial charge on any atom is -0.368 e. The third-order valence-corrected chi connectivity index (χ3v) is 3.86. The zero-order valence-electron chi connectivity index (χ0n) is 8.25. The van der Waals surface area contributed by atoms with Crippen molar-refractivity contribution in [1.82, 2.24) is 4.90 Å². The van der Waals surface area contributed by atoms with Gasteiger partial charge in [-0.2, -0.15) is 0 Å². The van der Waals surface area contributed by atoms with E-state index in [2.05, 4.69) is 15.9 Å². The Hall–Kier alpha value is -0.0900. The van der Waals surface area contributed by atoms with Crippen LogP contribution in [0.25, 0.3) is 0 Å². The molecule has 2 saturated heterocycles. The Balaban J connectivity index is 1.85. The fourth-order valence-corrected chi connectivity index (χ4v) is 2.45. The van der Waals surface area contributed by atoms with Gasteiger partial charge < -0.3 is 9.64 Å². The highest BCUT2D eigenvalue weighted by Gasteiger charge is 2.30. The molecule has 0 radical (unpaired) electrons.